The predicted molar refractivity (Wildman–Crippen MR) is 94.8 cm³/mol. The molecule has 1 aliphatic rings. The maximum atomic E-state index is 12.6. The van der Waals surface area contributed by atoms with E-state index in [4.69, 9.17) is 0 Å². The van der Waals surface area contributed by atoms with Crippen LogP contribution in [0.25, 0.3) is 11.0 Å². The summed E-state index contributed by atoms with van der Waals surface area (Å²) in [6.07, 6.45) is 3.17. The first kappa shape index (κ1) is 15.9. The molecule has 0 N–H and O–H groups in total. The maximum absolute atomic E-state index is 12.6. The average molecular weight is 346 g/mol. The van der Waals surface area contributed by atoms with Crippen molar-refractivity contribution in [3.63, 3.8) is 0 Å². The molecule has 0 saturated heterocycles. The highest BCUT2D eigenvalue weighted by atomic mass is 16.2. The Morgan fingerprint density at radius 3 is 2.23 bits per heavy atom. The standard InChI is InChI=1S/C19H14N4O3/c1-22(12-6-7-15-16(10-12)21-9-8-20-15)17(24)11-23-18(25)13-4-2-3-5-14(13)19(23)26/h2-10H,11H2,1H3. The lowest BCUT2D eigenvalue weighted by atomic mass is 10.1. The highest BCUT2D eigenvalue weighted by molar-refractivity contribution is 6.22. The van der Waals surface area contributed by atoms with Gasteiger partial charge in [0.2, 0.25) is 5.91 Å². The molecule has 26 heavy (non-hydrogen) atoms. The van der Waals surface area contributed by atoms with E-state index in [0.29, 0.717) is 22.3 Å². The van der Waals surface area contributed by atoms with Gasteiger partial charge in [0.1, 0.15) is 6.54 Å². The van der Waals surface area contributed by atoms with E-state index in [1.807, 2.05) is 0 Å². The first-order valence-corrected chi connectivity index (χ1v) is 7.99. The number of imide groups is 1. The Labute approximate surface area is 148 Å². The molecule has 2 heterocycles. The van der Waals surface area contributed by atoms with E-state index in [-0.39, 0.29) is 12.5 Å². The largest absolute Gasteiger partial charge is 0.314 e. The molecular weight excluding hydrogens is 332 g/mol. The summed E-state index contributed by atoms with van der Waals surface area (Å²) in [6.45, 7) is -0.318. The van der Waals surface area contributed by atoms with E-state index < -0.39 is 11.8 Å². The van der Waals surface area contributed by atoms with Crippen molar-refractivity contribution in [1.29, 1.82) is 0 Å². The van der Waals surface area contributed by atoms with Gasteiger partial charge in [-0.05, 0) is 30.3 Å². The molecule has 0 saturated carbocycles. The van der Waals surface area contributed by atoms with Crippen molar-refractivity contribution in [1.82, 2.24) is 14.9 Å². The molecule has 0 fully saturated rings. The Morgan fingerprint density at radius 1 is 0.962 bits per heavy atom. The van der Waals surface area contributed by atoms with Crippen molar-refractivity contribution in [2.24, 2.45) is 0 Å². The van der Waals surface area contributed by atoms with Crippen LogP contribution >= 0.6 is 0 Å². The second kappa shape index (κ2) is 6.03. The van der Waals surface area contributed by atoms with Crippen LogP contribution < -0.4 is 4.90 Å². The van der Waals surface area contributed by atoms with Crippen molar-refractivity contribution in [2.75, 3.05) is 18.5 Å². The molecule has 1 aliphatic heterocycles. The van der Waals surface area contributed by atoms with Crippen LogP contribution in [0.1, 0.15) is 20.7 Å². The zero-order chi connectivity index (χ0) is 18.3. The van der Waals surface area contributed by atoms with Gasteiger partial charge in [0.05, 0.1) is 22.2 Å². The van der Waals surface area contributed by atoms with E-state index in [1.54, 1.807) is 61.9 Å². The van der Waals surface area contributed by atoms with Gasteiger partial charge in [0.15, 0.2) is 0 Å². The van der Waals surface area contributed by atoms with E-state index in [9.17, 15) is 14.4 Å². The summed E-state index contributed by atoms with van der Waals surface area (Å²) in [7, 11) is 1.60. The monoisotopic (exact) mass is 346 g/mol. The lowest BCUT2D eigenvalue weighted by Gasteiger charge is -2.21. The third kappa shape index (κ3) is 2.50. The van der Waals surface area contributed by atoms with Gasteiger partial charge in [0.25, 0.3) is 11.8 Å². The number of benzene rings is 2. The fourth-order valence-electron chi connectivity index (χ4n) is 2.93. The van der Waals surface area contributed by atoms with Gasteiger partial charge in [-0.15, -0.1) is 0 Å². The third-order valence-corrected chi connectivity index (χ3v) is 4.39. The number of likely N-dealkylation sites (N-methyl/N-ethyl adjacent to an activating group) is 1. The fourth-order valence-corrected chi connectivity index (χ4v) is 2.93. The number of carbonyl (C=O) groups is 3. The molecule has 3 amide bonds. The molecule has 0 atom stereocenters. The number of rotatable bonds is 3. The van der Waals surface area contributed by atoms with E-state index in [1.165, 1.54) is 4.90 Å². The van der Waals surface area contributed by atoms with Gasteiger partial charge in [-0.2, -0.15) is 0 Å². The summed E-state index contributed by atoms with van der Waals surface area (Å²) in [6, 6.07) is 11.8. The molecule has 0 spiro atoms. The summed E-state index contributed by atoms with van der Waals surface area (Å²) < 4.78 is 0. The second-order valence-corrected chi connectivity index (χ2v) is 5.92. The van der Waals surface area contributed by atoms with Crippen LogP contribution in [0.5, 0.6) is 0 Å². The Hall–Kier alpha value is -3.61. The predicted octanol–water partition coefficient (Wildman–Crippen LogP) is 1.89. The van der Waals surface area contributed by atoms with Gasteiger partial charge in [0, 0.05) is 25.1 Å². The fraction of sp³-hybridized carbons (Fsp3) is 0.105. The molecule has 128 valence electrons. The summed E-state index contributed by atoms with van der Waals surface area (Å²) in [4.78, 5) is 48.2. The number of hydrogen-bond acceptors (Lipinski definition) is 5. The lowest BCUT2D eigenvalue weighted by Crippen LogP contribution is -2.41. The topological polar surface area (TPSA) is 83.5 Å². The number of anilines is 1. The number of fused-ring (bicyclic) bond motifs is 2. The van der Waals surface area contributed by atoms with Crippen molar-refractivity contribution in [3.05, 3.63) is 66.0 Å². The molecule has 0 unspecified atom stereocenters. The van der Waals surface area contributed by atoms with Crippen LogP contribution in [-0.4, -0.2) is 46.2 Å². The van der Waals surface area contributed by atoms with Crippen molar-refractivity contribution in [2.45, 2.75) is 0 Å². The molecular formula is C19H14N4O3. The van der Waals surface area contributed by atoms with Gasteiger partial charge in [-0.1, -0.05) is 12.1 Å². The Bertz CT molecular complexity index is 1030. The quantitative estimate of drug-likeness (QED) is 0.676. The highest BCUT2D eigenvalue weighted by Gasteiger charge is 2.36. The number of carbonyl (C=O) groups excluding carboxylic acids is 3. The van der Waals surface area contributed by atoms with Gasteiger partial charge < -0.3 is 4.90 Å². The van der Waals surface area contributed by atoms with Crippen LogP contribution in [0.2, 0.25) is 0 Å². The second-order valence-electron chi connectivity index (χ2n) is 5.92. The van der Waals surface area contributed by atoms with E-state index >= 15 is 0 Å². The molecule has 0 bridgehead atoms. The number of nitrogens with zero attached hydrogens (tertiary/aromatic N) is 4. The van der Waals surface area contributed by atoms with Crippen LogP contribution in [0.15, 0.2) is 54.9 Å². The molecule has 0 radical (unpaired) electrons. The first-order chi connectivity index (χ1) is 12.6. The molecule has 2 aromatic carbocycles. The SMILES string of the molecule is CN(C(=O)CN1C(=O)c2ccccc2C1=O)c1ccc2nccnc2c1. The summed E-state index contributed by atoms with van der Waals surface area (Å²) in [5, 5.41) is 0. The first-order valence-electron chi connectivity index (χ1n) is 7.99. The van der Waals surface area contributed by atoms with Crippen LogP contribution in [0.4, 0.5) is 5.69 Å². The Kier molecular flexibility index (Phi) is 3.69. The minimum Gasteiger partial charge on any atom is -0.314 e. The van der Waals surface area contributed by atoms with Crippen molar-refractivity contribution in [3.8, 4) is 0 Å². The molecule has 0 aliphatic carbocycles. The molecule has 1 aromatic heterocycles. The molecule has 3 aromatic rings. The Morgan fingerprint density at radius 2 is 1.58 bits per heavy atom. The molecule has 7 nitrogen and oxygen atoms in total. The third-order valence-electron chi connectivity index (χ3n) is 4.39. The van der Waals surface area contributed by atoms with Gasteiger partial charge in [-0.25, -0.2) is 0 Å². The molecule has 7 heteroatoms. The minimum atomic E-state index is -0.447. The maximum Gasteiger partial charge on any atom is 0.262 e. The summed E-state index contributed by atoms with van der Waals surface area (Å²) in [5.74, 6) is -1.27. The van der Waals surface area contributed by atoms with E-state index in [2.05, 4.69) is 9.97 Å². The van der Waals surface area contributed by atoms with Crippen molar-refractivity contribution >= 4 is 34.4 Å². The number of aromatic nitrogens is 2. The van der Waals surface area contributed by atoms with Crippen molar-refractivity contribution < 1.29 is 14.4 Å². The minimum absolute atomic E-state index is 0.318. The average Bonchev–Trinajstić information content (AvgIpc) is 2.92. The summed E-state index contributed by atoms with van der Waals surface area (Å²) in [5.41, 5.74) is 2.64. The molecule has 4 rings (SSSR count). The van der Waals surface area contributed by atoms with Crippen LogP contribution in [0.3, 0.4) is 0 Å². The van der Waals surface area contributed by atoms with Gasteiger partial charge >= 0.3 is 0 Å². The van der Waals surface area contributed by atoms with Gasteiger partial charge in [-0.3, -0.25) is 29.3 Å². The number of amides is 3. The normalized spacial score (nSPS) is 13.2. The number of hydrogen-bond donors (Lipinski definition) is 0. The van der Waals surface area contributed by atoms with Crippen LogP contribution in [-0.2, 0) is 4.79 Å². The smallest absolute Gasteiger partial charge is 0.262 e. The highest BCUT2D eigenvalue weighted by Crippen LogP contribution is 2.23. The Balaban J connectivity index is 1.56. The van der Waals surface area contributed by atoms with E-state index in [0.717, 1.165) is 10.4 Å². The zero-order valence-electron chi connectivity index (χ0n) is 13.9. The summed E-state index contributed by atoms with van der Waals surface area (Å²) >= 11 is 0. The lowest BCUT2D eigenvalue weighted by molar-refractivity contribution is -0.118. The zero-order valence-corrected chi connectivity index (χ0v) is 13.9. The van der Waals surface area contributed by atoms with Crippen LogP contribution in [0, 0.1) is 0 Å².